The Balaban J connectivity index is 1.65. The second-order valence-electron chi connectivity index (χ2n) is 6.17. The molecule has 1 fully saturated rings. The van der Waals surface area contributed by atoms with Gasteiger partial charge in [-0.3, -0.25) is 4.79 Å². The van der Waals surface area contributed by atoms with Crippen LogP contribution in [0.25, 0.3) is 0 Å². The van der Waals surface area contributed by atoms with Crippen LogP contribution in [0.4, 0.5) is 20.6 Å². The Morgan fingerprint density at radius 2 is 1.93 bits per heavy atom. The van der Waals surface area contributed by atoms with Crippen molar-refractivity contribution in [3.63, 3.8) is 0 Å². The molecule has 0 aromatic heterocycles. The first-order chi connectivity index (χ1) is 13.4. The van der Waals surface area contributed by atoms with E-state index in [0.717, 1.165) is 0 Å². The van der Waals surface area contributed by atoms with Gasteiger partial charge in [-0.2, -0.15) is 0 Å². The van der Waals surface area contributed by atoms with Crippen LogP contribution in [-0.2, 0) is 4.79 Å². The number of rotatable bonds is 5. The summed E-state index contributed by atoms with van der Waals surface area (Å²) in [6.45, 7) is 0.296. The van der Waals surface area contributed by atoms with Gasteiger partial charge in [0.15, 0.2) is 11.5 Å². The number of halogens is 2. The number of hydrogen-bond acceptors (Lipinski definition) is 4. The topological polar surface area (TPSA) is 79.9 Å². The van der Waals surface area contributed by atoms with E-state index in [1.165, 1.54) is 26.4 Å². The van der Waals surface area contributed by atoms with Crippen molar-refractivity contribution < 1.29 is 23.5 Å². The predicted molar refractivity (Wildman–Crippen MR) is 107 cm³/mol. The van der Waals surface area contributed by atoms with Crippen LogP contribution in [0.5, 0.6) is 11.5 Å². The molecule has 2 aromatic carbocycles. The molecule has 0 radical (unpaired) electrons. The van der Waals surface area contributed by atoms with Crippen LogP contribution in [0.3, 0.4) is 0 Å². The normalized spacial score (nSPS) is 16.1. The number of carbonyl (C=O) groups excluding carboxylic acids is 2. The summed E-state index contributed by atoms with van der Waals surface area (Å²) in [5, 5.41) is 5.16. The van der Waals surface area contributed by atoms with E-state index >= 15 is 0 Å². The number of ether oxygens (including phenoxy) is 2. The van der Waals surface area contributed by atoms with Crippen molar-refractivity contribution in [3.8, 4) is 11.5 Å². The molecule has 1 heterocycles. The maximum atomic E-state index is 13.8. The Morgan fingerprint density at radius 3 is 2.61 bits per heavy atom. The van der Waals surface area contributed by atoms with Gasteiger partial charge in [0.05, 0.1) is 25.9 Å². The highest BCUT2D eigenvalue weighted by Crippen LogP contribution is 2.33. The first-order valence-electron chi connectivity index (χ1n) is 8.46. The minimum absolute atomic E-state index is 0.0572. The number of anilines is 2. The number of nitrogens with one attached hydrogen (secondary N) is 2. The predicted octanol–water partition coefficient (Wildman–Crippen LogP) is 3.53. The Hall–Kier alpha value is -2.81. The van der Waals surface area contributed by atoms with Crippen LogP contribution >= 0.6 is 15.9 Å². The van der Waals surface area contributed by atoms with Crippen LogP contribution in [0, 0.1) is 5.82 Å². The lowest BCUT2D eigenvalue weighted by Crippen LogP contribution is -2.39. The van der Waals surface area contributed by atoms with E-state index in [1.54, 1.807) is 29.2 Å². The molecule has 2 aromatic rings. The highest BCUT2D eigenvalue weighted by Gasteiger charge is 2.32. The lowest BCUT2D eigenvalue weighted by Gasteiger charge is -2.19. The summed E-state index contributed by atoms with van der Waals surface area (Å²) in [6, 6.07) is 8.52. The van der Waals surface area contributed by atoms with E-state index in [-0.39, 0.29) is 18.0 Å². The Bertz CT molecular complexity index is 909. The highest BCUT2D eigenvalue weighted by atomic mass is 79.9. The zero-order valence-electron chi connectivity index (χ0n) is 15.3. The smallest absolute Gasteiger partial charge is 0.319 e. The first kappa shape index (κ1) is 19.9. The number of benzene rings is 2. The molecule has 1 saturated heterocycles. The maximum absolute atomic E-state index is 13.8. The van der Waals surface area contributed by atoms with E-state index in [2.05, 4.69) is 26.6 Å². The van der Waals surface area contributed by atoms with E-state index in [9.17, 15) is 14.0 Å². The molecule has 3 rings (SSSR count). The zero-order valence-corrected chi connectivity index (χ0v) is 16.9. The van der Waals surface area contributed by atoms with Crippen molar-refractivity contribution in [1.29, 1.82) is 0 Å². The number of nitrogens with zero attached hydrogens (tertiary/aromatic N) is 1. The number of methoxy groups -OCH3 is 2. The largest absolute Gasteiger partial charge is 0.493 e. The number of hydrogen-bond donors (Lipinski definition) is 2. The molecule has 1 aliphatic rings. The summed E-state index contributed by atoms with van der Waals surface area (Å²) in [6.07, 6.45) is 0.143. The Kier molecular flexibility index (Phi) is 6.03. The van der Waals surface area contributed by atoms with Gasteiger partial charge in [-0.15, -0.1) is 0 Å². The quantitative estimate of drug-likeness (QED) is 0.728. The van der Waals surface area contributed by atoms with Crippen molar-refractivity contribution in [2.75, 3.05) is 31.0 Å². The van der Waals surface area contributed by atoms with Crippen LogP contribution in [-0.4, -0.2) is 38.7 Å². The van der Waals surface area contributed by atoms with Crippen molar-refractivity contribution in [2.45, 2.75) is 12.5 Å². The fourth-order valence-electron chi connectivity index (χ4n) is 2.98. The van der Waals surface area contributed by atoms with Gasteiger partial charge < -0.3 is 25.0 Å². The van der Waals surface area contributed by atoms with Gasteiger partial charge in [-0.1, -0.05) is 15.9 Å². The highest BCUT2D eigenvalue weighted by molar-refractivity contribution is 9.10. The summed E-state index contributed by atoms with van der Waals surface area (Å²) in [5.74, 6) is 0.377. The summed E-state index contributed by atoms with van der Waals surface area (Å²) in [7, 11) is 3.05. The minimum Gasteiger partial charge on any atom is -0.493 e. The average Bonchev–Trinajstić information content (AvgIpc) is 3.03. The molecule has 7 nitrogen and oxygen atoms in total. The Morgan fingerprint density at radius 1 is 1.18 bits per heavy atom. The average molecular weight is 452 g/mol. The van der Waals surface area contributed by atoms with Gasteiger partial charge in [0, 0.05) is 29.2 Å². The maximum Gasteiger partial charge on any atom is 0.319 e. The molecule has 0 spiro atoms. The summed E-state index contributed by atoms with van der Waals surface area (Å²) in [4.78, 5) is 26.1. The molecule has 1 aliphatic heterocycles. The minimum atomic E-state index is -0.576. The third kappa shape index (κ3) is 4.36. The molecular formula is C19H19BrFN3O4. The lowest BCUT2D eigenvalue weighted by molar-refractivity contribution is -0.117. The van der Waals surface area contributed by atoms with Crippen molar-refractivity contribution in [2.24, 2.45) is 0 Å². The van der Waals surface area contributed by atoms with Gasteiger partial charge in [0.25, 0.3) is 0 Å². The third-order valence-electron chi connectivity index (χ3n) is 4.32. The SMILES string of the molecule is COc1ccc(N2CC(NC(=O)Nc3ccc(Br)cc3F)CC2=O)cc1OC. The molecule has 148 valence electrons. The molecular weight excluding hydrogens is 433 g/mol. The Labute approximate surface area is 169 Å². The number of amides is 3. The van der Waals surface area contributed by atoms with Crippen molar-refractivity contribution >= 4 is 39.2 Å². The van der Waals surface area contributed by atoms with Crippen molar-refractivity contribution in [3.05, 3.63) is 46.7 Å². The summed E-state index contributed by atoms with van der Waals surface area (Å²) < 4.78 is 24.9. The van der Waals surface area contributed by atoms with E-state index in [4.69, 9.17) is 9.47 Å². The van der Waals surface area contributed by atoms with Gasteiger partial charge in [-0.05, 0) is 30.3 Å². The van der Waals surface area contributed by atoms with Crippen molar-refractivity contribution in [1.82, 2.24) is 5.32 Å². The molecule has 28 heavy (non-hydrogen) atoms. The van der Waals surface area contributed by atoms with Crippen LogP contribution in [0.1, 0.15) is 6.42 Å². The second kappa shape index (κ2) is 8.47. The molecule has 9 heteroatoms. The van der Waals surface area contributed by atoms with Gasteiger partial charge >= 0.3 is 6.03 Å². The molecule has 1 unspecified atom stereocenters. The van der Waals surface area contributed by atoms with Crippen LogP contribution < -0.4 is 25.0 Å². The molecule has 0 saturated carbocycles. The van der Waals surface area contributed by atoms with E-state index in [0.29, 0.717) is 28.2 Å². The second-order valence-corrected chi connectivity index (χ2v) is 7.08. The molecule has 0 bridgehead atoms. The summed E-state index contributed by atoms with van der Waals surface area (Å²) in [5.41, 5.74) is 0.702. The van der Waals surface area contributed by atoms with Crippen LogP contribution in [0.2, 0.25) is 0 Å². The molecule has 0 aliphatic carbocycles. The van der Waals surface area contributed by atoms with E-state index < -0.39 is 17.9 Å². The molecule has 2 N–H and O–H groups in total. The van der Waals surface area contributed by atoms with E-state index in [1.807, 2.05) is 0 Å². The fourth-order valence-corrected chi connectivity index (χ4v) is 3.31. The molecule has 3 amide bonds. The van der Waals surface area contributed by atoms with Gasteiger partial charge in [0.2, 0.25) is 5.91 Å². The fraction of sp³-hybridized carbons (Fsp3) is 0.263. The van der Waals surface area contributed by atoms with Gasteiger partial charge in [-0.25, -0.2) is 9.18 Å². The van der Waals surface area contributed by atoms with Gasteiger partial charge in [0.1, 0.15) is 5.82 Å². The first-order valence-corrected chi connectivity index (χ1v) is 9.25. The monoisotopic (exact) mass is 451 g/mol. The zero-order chi connectivity index (χ0) is 20.3. The standard InChI is InChI=1S/C19H19BrFN3O4/c1-27-16-6-4-13(9-17(16)28-2)24-10-12(8-18(24)25)22-19(26)23-15-5-3-11(20)7-14(15)21/h3-7,9,12H,8,10H2,1-2H3,(H2,22,23,26). The summed E-state index contributed by atoms with van der Waals surface area (Å²) >= 11 is 3.16. The lowest BCUT2D eigenvalue weighted by atomic mass is 10.2. The molecule has 1 atom stereocenters. The third-order valence-corrected chi connectivity index (χ3v) is 4.81. The van der Waals surface area contributed by atoms with Crippen LogP contribution in [0.15, 0.2) is 40.9 Å². The number of carbonyl (C=O) groups is 2. The number of urea groups is 1.